The number of hydrogen-bond acceptors (Lipinski definition) is 47. The monoisotopic (exact) mass is 1970 g/mol. The number of nitrogens with one attached hydrogen (secondary N) is 4. The maximum Gasteiger partial charge on any atom is 0.234 e. The molecule has 0 bridgehead atoms. The molecule has 1 unspecified atom stereocenters. The predicted molar refractivity (Wildman–Crippen MR) is 453 cm³/mol. The Kier molecular flexibility index (Phi) is 52.2. The van der Waals surface area contributed by atoms with E-state index < -0.39 is 316 Å². The van der Waals surface area contributed by atoms with E-state index in [1.807, 2.05) is 0 Å². The number of aliphatic hydroxyl groups excluding tert-OH is 23. The van der Waals surface area contributed by atoms with Gasteiger partial charge < -0.3 is 205 Å². The minimum Gasteiger partial charge on any atom is -0.394 e. The molecular formula is C85H145N5O46. The molecule has 7 aliphatic rings. The SMILES string of the molecule is CCC(=O)CCCCCNC(=O)CN(CC(=O)C[C@@H](CCC(=O)NCCCC(=O)CCCOC1O[C@@H](C)[C@@H](O)[C@@H](O)[C@@H]1O)C(=O)NCCCC(=O)CCCO[C@H]1O[C@H](CO[C@H]2O[C@H](CO)[C@@H](O)[C@H](O)[C@@H]2O)[C@@H](O)[C@H](O[C@H]2O[C@H](CO)[C@@H](O)[C@H](O)[C@@H]2O)[C@@H]1O)CC(=O)NCCCCCC(=O)CCCO[C@H]1O[C@H](CO[C@H]2O[C@H](CO)[C@@H](O)[C@H](O)[C@@H]2O)[C@@H](O)[C@H](O[C@H]2O[C@H](CO)[C@@H](O)[C@H](O)[C@@H]2O)[C@@H]1O. The smallest absolute Gasteiger partial charge is 0.234 e. The molecule has 786 valence electrons. The first-order valence-corrected chi connectivity index (χ1v) is 46.5. The highest BCUT2D eigenvalue weighted by Crippen LogP contribution is 2.35. The normalized spacial score (nSPS) is 35.7. The first-order chi connectivity index (χ1) is 64.8. The molecule has 7 saturated heterocycles. The topological polar surface area (TPSA) is 800 Å². The van der Waals surface area contributed by atoms with Crippen molar-refractivity contribution in [1.82, 2.24) is 26.2 Å². The number of hydrogen-bond donors (Lipinski definition) is 27. The Morgan fingerprint density at radius 3 is 1.00 bits per heavy atom. The van der Waals surface area contributed by atoms with Crippen LogP contribution in [0.4, 0.5) is 0 Å². The van der Waals surface area contributed by atoms with Crippen molar-refractivity contribution in [2.45, 2.75) is 370 Å². The molecule has 51 nitrogen and oxygen atoms in total. The van der Waals surface area contributed by atoms with Crippen molar-refractivity contribution in [2.24, 2.45) is 5.92 Å². The third-order valence-electron chi connectivity index (χ3n) is 24.5. The number of amides is 4. The average molecular weight is 1970 g/mol. The average Bonchev–Trinajstić information content (AvgIpc) is 0.782. The molecule has 0 saturated carbocycles. The number of carbonyl (C=O) groups excluding carboxylic acids is 9. The summed E-state index contributed by atoms with van der Waals surface area (Å²) in [5, 5.41) is 252. The van der Waals surface area contributed by atoms with Crippen LogP contribution in [0.25, 0.3) is 0 Å². The van der Waals surface area contributed by atoms with Gasteiger partial charge in [0.25, 0.3) is 0 Å². The molecule has 0 aromatic rings. The summed E-state index contributed by atoms with van der Waals surface area (Å²) in [6.07, 6.45) is -57.1. The van der Waals surface area contributed by atoms with Crippen molar-refractivity contribution >= 4 is 52.5 Å². The van der Waals surface area contributed by atoms with E-state index in [-0.39, 0.29) is 153 Å². The van der Waals surface area contributed by atoms with Crippen LogP contribution in [0.15, 0.2) is 0 Å². The second-order valence-electron chi connectivity index (χ2n) is 35.1. The van der Waals surface area contributed by atoms with Crippen LogP contribution in [-0.4, -0.2) is 495 Å². The van der Waals surface area contributed by atoms with Gasteiger partial charge in [-0.3, -0.25) is 48.1 Å². The highest BCUT2D eigenvalue weighted by molar-refractivity contribution is 5.90. The number of Topliss-reactive ketones (excluding diaryl/α,β-unsaturated/α-hetero) is 5. The van der Waals surface area contributed by atoms with Crippen LogP contribution >= 0.6 is 0 Å². The lowest BCUT2D eigenvalue weighted by Crippen LogP contribution is -2.65. The summed E-state index contributed by atoms with van der Waals surface area (Å²) in [6.45, 7) is -3.57. The summed E-state index contributed by atoms with van der Waals surface area (Å²) in [4.78, 5) is 122. The van der Waals surface area contributed by atoms with Gasteiger partial charge in [-0.15, -0.1) is 0 Å². The molecule has 4 amide bonds. The van der Waals surface area contributed by atoms with Crippen LogP contribution in [0.2, 0.25) is 0 Å². The van der Waals surface area contributed by atoms with Gasteiger partial charge in [-0.2, -0.15) is 0 Å². The van der Waals surface area contributed by atoms with Gasteiger partial charge in [0.1, 0.15) is 194 Å². The maximum absolute atomic E-state index is 14.3. The Balaban J connectivity index is 0.920. The summed E-state index contributed by atoms with van der Waals surface area (Å²) in [7, 11) is 0. The lowest BCUT2D eigenvalue weighted by molar-refractivity contribution is -0.366. The van der Waals surface area contributed by atoms with Crippen molar-refractivity contribution in [3.05, 3.63) is 0 Å². The minimum absolute atomic E-state index is 0.0273. The quantitative estimate of drug-likeness (QED) is 0.0251. The number of ketones is 5. The van der Waals surface area contributed by atoms with Gasteiger partial charge in [-0.1, -0.05) is 19.8 Å². The van der Waals surface area contributed by atoms with Crippen LogP contribution in [-0.2, 0) is 109 Å². The van der Waals surface area contributed by atoms with E-state index in [2.05, 4.69) is 21.3 Å². The summed E-state index contributed by atoms with van der Waals surface area (Å²) in [5.41, 5.74) is 0. The Bertz CT molecular complexity index is 3550. The van der Waals surface area contributed by atoms with E-state index in [1.54, 1.807) is 6.92 Å². The van der Waals surface area contributed by atoms with E-state index >= 15 is 0 Å². The third kappa shape index (κ3) is 36.2. The molecule has 0 aliphatic carbocycles. The van der Waals surface area contributed by atoms with Gasteiger partial charge >= 0.3 is 0 Å². The predicted octanol–water partition coefficient (Wildman–Crippen LogP) is -12.4. The van der Waals surface area contributed by atoms with Gasteiger partial charge in [-0.05, 0) is 71.1 Å². The summed E-state index contributed by atoms with van der Waals surface area (Å²) in [5.74, 6) is -4.99. The van der Waals surface area contributed by atoms with Crippen molar-refractivity contribution in [1.29, 1.82) is 0 Å². The third-order valence-corrected chi connectivity index (χ3v) is 24.5. The van der Waals surface area contributed by atoms with Crippen LogP contribution in [0.3, 0.4) is 0 Å². The van der Waals surface area contributed by atoms with Crippen LogP contribution < -0.4 is 21.3 Å². The van der Waals surface area contributed by atoms with E-state index in [9.17, 15) is 161 Å². The Labute approximate surface area is 784 Å². The number of rotatable bonds is 62. The minimum atomic E-state index is -2.01. The molecule has 7 aliphatic heterocycles. The molecule has 51 heteroatoms. The van der Waals surface area contributed by atoms with Gasteiger partial charge in [0.05, 0.1) is 85.2 Å². The zero-order valence-corrected chi connectivity index (χ0v) is 76.3. The largest absolute Gasteiger partial charge is 0.394 e. The fraction of sp³-hybridized carbons (Fsp3) is 0.894. The molecular weight excluding hydrogens is 1830 g/mol. The van der Waals surface area contributed by atoms with Gasteiger partial charge in [-0.25, -0.2) is 0 Å². The van der Waals surface area contributed by atoms with Crippen molar-refractivity contribution in [2.75, 3.05) is 105 Å². The fourth-order valence-corrected chi connectivity index (χ4v) is 16.1. The zero-order chi connectivity index (χ0) is 100. The molecule has 27 N–H and O–H groups in total. The number of ether oxygens (including phenoxy) is 14. The van der Waals surface area contributed by atoms with Crippen LogP contribution in [0, 0.1) is 5.92 Å². The molecule has 7 fully saturated rings. The van der Waals surface area contributed by atoms with Gasteiger partial charge in [0, 0.05) is 96.3 Å². The second-order valence-corrected chi connectivity index (χ2v) is 35.1. The van der Waals surface area contributed by atoms with Gasteiger partial charge in [0.2, 0.25) is 23.6 Å². The van der Waals surface area contributed by atoms with E-state index in [0.29, 0.717) is 51.4 Å². The van der Waals surface area contributed by atoms with Crippen LogP contribution in [0.5, 0.6) is 0 Å². The van der Waals surface area contributed by atoms with Crippen molar-refractivity contribution in [3.63, 3.8) is 0 Å². The summed E-state index contributed by atoms with van der Waals surface area (Å²) in [6, 6.07) is 0. The number of nitrogens with zero attached hydrogens (tertiary/aromatic N) is 1. The molecule has 0 spiro atoms. The van der Waals surface area contributed by atoms with Crippen molar-refractivity contribution in [3.8, 4) is 0 Å². The Morgan fingerprint density at radius 2 is 0.610 bits per heavy atom. The molecule has 0 aromatic heterocycles. The highest BCUT2D eigenvalue weighted by Gasteiger charge is 2.56. The molecule has 0 radical (unpaired) electrons. The van der Waals surface area contributed by atoms with Crippen LogP contribution in [0.1, 0.15) is 155 Å². The summed E-state index contributed by atoms with van der Waals surface area (Å²) < 4.78 is 78.5. The molecule has 36 atom stereocenters. The lowest BCUT2D eigenvalue weighted by Gasteiger charge is -2.46. The highest BCUT2D eigenvalue weighted by atomic mass is 16.8. The number of carbonyl (C=O) groups is 9. The second kappa shape index (κ2) is 60.3. The Morgan fingerprint density at radius 1 is 0.294 bits per heavy atom. The van der Waals surface area contributed by atoms with Gasteiger partial charge in [0.15, 0.2) is 44.0 Å². The molecule has 7 heterocycles. The first kappa shape index (κ1) is 118. The molecule has 7 rings (SSSR count). The number of aliphatic hydroxyl groups is 23. The first-order valence-electron chi connectivity index (χ1n) is 46.5. The van der Waals surface area contributed by atoms with E-state index in [0.717, 1.165) is 0 Å². The molecule has 0 aromatic carbocycles. The lowest BCUT2D eigenvalue weighted by atomic mass is 9.95. The Hall–Kier alpha value is -5.29. The van der Waals surface area contributed by atoms with Crippen molar-refractivity contribution < 1.29 is 227 Å². The fourth-order valence-electron chi connectivity index (χ4n) is 16.1. The van der Waals surface area contributed by atoms with E-state index in [1.165, 1.54) is 11.8 Å². The molecule has 136 heavy (non-hydrogen) atoms. The standard InChI is InChI=1S/C85H145N5O46/c1-3-43(95)15-6-4-8-24-87-55(101)33-90(34-56(102)88-25-9-5-7-16-44(96)19-12-29-124-82-74(120)76(135-84-72(118)67(113)60(106)50(37-93)131-84)62(108)52(133-82)39-126-80-70(116)65(111)58(104)48(35-91)129-80)32-47(99)31-42(22-23-54(100)86-26-10-17-45(97)20-13-28-123-79-69(115)64(110)57(103)41(2)128-79)78(122)89-27-11-18-46(98)21-14-30-125-83-75(121)77(136-85-73(119)68(114)61(107)51(38-94)132-85)63(109)53(134-83)40-127-81-71(117)66(112)59(105)49(36-92)130-81/h41-42,48-53,57-77,79-85,91-94,103-121H,3-40H2,1-2H3,(H,86,100)(H,87,101)(H,88,102)(H,89,122)/t41-,42+,48+,49+,50+,51+,52+,53+,57+,58+,59+,60+,61+,62+,63+,64+,65-,66-,67-,68-,69-,70-,71-,72-,73-,74-,75-,76-,77-,79?,80-,81-,82-,83-,84+,85+/m0/s1. The van der Waals surface area contributed by atoms with E-state index in [4.69, 9.17) is 66.3 Å². The maximum atomic E-state index is 14.3. The number of unbranched alkanes of at least 4 members (excludes halogenated alkanes) is 4. The zero-order valence-electron chi connectivity index (χ0n) is 76.3. The summed E-state index contributed by atoms with van der Waals surface area (Å²) >= 11 is 0.